The molecule has 8 heteroatoms. The molecular weight excluding hydrogens is 452 g/mol. The normalized spacial score (nSPS) is 23.9. The van der Waals surface area contributed by atoms with Crippen LogP contribution in [0.5, 0.6) is 5.75 Å². The minimum atomic E-state index is -3.89. The van der Waals surface area contributed by atoms with E-state index in [-0.39, 0.29) is 35.6 Å². The molecule has 1 aliphatic carbocycles. The molecule has 1 aromatic carbocycles. The van der Waals surface area contributed by atoms with Gasteiger partial charge < -0.3 is 14.7 Å². The van der Waals surface area contributed by atoms with Crippen LogP contribution in [-0.2, 0) is 14.8 Å². The number of sulfonamides is 1. The smallest absolute Gasteiger partial charge is 0.247 e. The molecule has 0 bridgehead atoms. The molecule has 1 N–H and O–H groups in total. The second kappa shape index (κ2) is 11.6. The van der Waals surface area contributed by atoms with Crippen molar-refractivity contribution in [2.75, 3.05) is 26.7 Å². The monoisotopic (exact) mass is 490 g/mol. The van der Waals surface area contributed by atoms with Crippen molar-refractivity contribution in [2.45, 2.75) is 76.3 Å². The number of hydrogen-bond donors (Lipinski definition) is 1. The second-order valence-electron chi connectivity index (χ2n) is 9.63. The molecule has 1 amide bonds. The third-order valence-corrected chi connectivity index (χ3v) is 8.89. The van der Waals surface area contributed by atoms with Gasteiger partial charge in [-0.05, 0) is 38.0 Å². The number of carbonyl (C=O) groups excluding carboxylic acids is 1. The summed E-state index contributed by atoms with van der Waals surface area (Å²) in [6.45, 7) is 5.66. The van der Waals surface area contributed by atoms with Gasteiger partial charge in [0.2, 0.25) is 15.9 Å². The highest BCUT2D eigenvalue weighted by molar-refractivity contribution is 7.89. The van der Waals surface area contributed by atoms with E-state index in [2.05, 4.69) is 11.8 Å². The molecule has 0 saturated heterocycles. The van der Waals surface area contributed by atoms with Crippen LogP contribution >= 0.6 is 0 Å². The Hall–Kier alpha value is -2.08. The van der Waals surface area contributed by atoms with Gasteiger partial charge in [-0.25, -0.2) is 8.42 Å². The van der Waals surface area contributed by atoms with Crippen molar-refractivity contribution in [1.29, 1.82) is 0 Å². The molecule has 1 aliphatic heterocycles. The van der Waals surface area contributed by atoms with E-state index in [1.807, 2.05) is 13.8 Å². The van der Waals surface area contributed by atoms with Gasteiger partial charge in [-0.1, -0.05) is 45.0 Å². The van der Waals surface area contributed by atoms with Gasteiger partial charge in [-0.15, -0.1) is 0 Å². The van der Waals surface area contributed by atoms with Crippen molar-refractivity contribution in [3.63, 3.8) is 0 Å². The maximum atomic E-state index is 13.6. The van der Waals surface area contributed by atoms with E-state index in [0.29, 0.717) is 24.4 Å². The summed E-state index contributed by atoms with van der Waals surface area (Å²) in [5.41, 5.74) is 0.714. The number of fused-ring (bicyclic) bond motifs is 1. The fraction of sp³-hybridized carbons (Fsp3) is 0.654. The Morgan fingerprint density at radius 3 is 2.65 bits per heavy atom. The third kappa shape index (κ3) is 6.12. The van der Waals surface area contributed by atoms with Crippen molar-refractivity contribution in [1.82, 2.24) is 9.21 Å². The molecule has 1 saturated carbocycles. The third-order valence-electron chi connectivity index (χ3n) is 6.87. The van der Waals surface area contributed by atoms with Crippen LogP contribution in [0.1, 0.15) is 64.9 Å². The highest BCUT2D eigenvalue weighted by Gasteiger charge is 2.38. The number of ether oxygens (including phenoxy) is 1. The molecular formula is C26H38N2O5S. The first-order valence-electron chi connectivity index (χ1n) is 12.4. The van der Waals surface area contributed by atoms with Gasteiger partial charge >= 0.3 is 0 Å². The largest absolute Gasteiger partial charge is 0.487 e. The fourth-order valence-electron chi connectivity index (χ4n) is 4.60. The van der Waals surface area contributed by atoms with Crippen molar-refractivity contribution in [3.8, 4) is 17.6 Å². The van der Waals surface area contributed by atoms with Crippen LogP contribution in [0.4, 0.5) is 0 Å². The van der Waals surface area contributed by atoms with E-state index in [9.17, 15) is 18.3 Å². The first-order valence-corrected chi connectivity index (χ1v) is 13.8. The van der Waals surface area contributed by atoms with Gasteiger partial charge in [0.1, 0.15) is 16.7 Å². The molecule has 0 aromatic heterocycles. The molecule has 1 fully saturated rings. The van der Waals surface area contributed by atoms with E-state index in [1.54, 1.807) is 37.1 Å². The van der Waals surface area contributed by atoms with Crippen LogP contribution in [0.2, 0.25) is 0 Å². The molecule has 0 unspecified atom stereocenters. The predicted octanol–water partition coefficient (Wildman–Crippen LogP) is 3.26. The van der Waals surface area contributed by atoms with Crippen LogP contribution in [0.25, 0.3) is 0 Å². The number of rotatable bonds is 5. The zero-order valence-electron chi connectivity index (χ0n) is 20.8. The van der Waals surface area contributed by atoms with Gasteiger partial charge in [-0.3, -0.25) is 4.79 Å². The summed E-state index contributed by atoms with van der Waals surface area (Å²) in [6, 6.07) is 4.40. The molecule has 3 rings (SSSR count). The lowest BCUT2D eigenvalue weighted by atomic mass is 9.90. The number of likely N-dealkylation sites (N-methyl/N-ethyl adjacent to an activating group) is 1. The topological polar surface area (TPSA) is 87.2 Å². The Bertz CT molecular complexity index is 1020. The predicted molar refractivity (Wildman–Crippen MR) is 132 cm³/mol. The molecule has 7 nitrogen and oxygen atoms in total. The molecule has 0 spiro atoms. The highest BCUT2D eigenvalue weighted by Crippen LogP contribution is 2.34. The fourth-order valence-corrected chi connectivity index (χ4v) is 6.42. The Kier molecular flexibility index (Phi) is 9.02. The summed E-state index contributed by atoms with van der Waals surface area (Å²) in [7, 11) is -2.16. The first kappa shape index (κ1) is 26.5. The van der Waals surface area contributed by atoms with Crippen molar-refractivity contribution in [3.05, 3.63) is 23.8 Å². The maximum Gasteiger partial charge on any atom is 0.247 e. The number of benzene rings is 1. The summed E-state index contributed by atoms with van der Waals surface area (Å²) in [5, 5.41) is 9.76. The van der Waals surface area contributed by atoms with Crippen molar-refractivity contribution in [2.24, 2.45) is 11.8 Å². The highest BCUT2D eigenvalue weighted by atomic mass is 32.2. The van der Waals surface area contributed by atoms with E-state index in [1.165, 1.54) is 23.6 Å². The molecule has 34 heavy (non-hydrogen) atoms. The van der Waals surface area contributed by atoms with Crippen LogP contribution in [-0.4, -0.2) is 67.5 Å². The van der Waals surface area contributed by atoms with Crippen LogP contribution in [0.15, 0.2) is 23.1 Å². The Morgan fingerprint density at radius 2 is 2.00 bits per heavy atom. The number of aliphatic hydroxyl groups excluding tert-OH is 1. The van der Waals surface area contributed by atoms with Gasteiger partial charge in [-0.2, -0.15) is 4.31 Å². The summed E-state index contributed by atoms with van der Waals surface area (Å²) >= 11 is 0. The van der Waals surface area contributed by atoms with Gasteiger partial charge in [0.05, 0.1) is 13.2 Å². The van der Waals surface area contributed by atoms with Gasteiger partial charge in [0.25, 0.3) is 0 Å². The number of hydrogen-bond acceptors (Lipinski definition) is 5. The standard InChI is InChI=1S/C26H38N2O5S/c1-5-26(30)27(4)17-24-19(2)16-28(20(3)18-29)34(31,32)25-14-13-22(15-23(25)33-24)12-11-21-9-7-6-8-10-21/h13-15,19-21,24,29H,5-10,16-18H2,1-4H3/t19-,20+,24+/m1/s1. The average molecular weight is 491 g/mol. The quantitative estimate of drug-likeness (QED) is 0.641. The van der Waals surface area contributed by atoms with E-state index < -0.39 is 22.2 Å². The Balaban J connectivity index is 2.01. The second-order valence-corrected chi connectivity index (χ2v) is 11.5. The zero-order chi connectivity index (χ0) is 24.9. The molecule has 1 heterocycles. The van der Waals surface area contributed by atoms with E-state index in [0.717, 1.165) is 12.8 Å². The summed E-state index contributed by atoms with van der Waals surface area (Å²) in [5.74, 6) is 7.00. The van der Waals surface area contributed by atoms with Crippen LogP contribution in [0, 0.1) is 23.7 Å². The van der Waals surface area contributed by atoms with E-state index in [4.69, 9.17) is 4.74 Å². The number of amides is 1. The lowest BCUT2D eigenvalue weighted by Gasteiger charge is -2.37. The average Bonchev–Trinajstić information content (AvgIpc) is 2.84. The van der Waals surface area contributed by atoms with E-state index >= 15 is 0 Å². The molecule has 2 aliphatic rings. The Morgan fingerprint density at radius 1 is 1.29 bits per heavy atom. The molecule has 0 radical (unpaired) electrons. The van der Waals surface area contributed by atoms with Crippen LogP contribution < -0.4 is 4.74 Å². The summed E-state index contributed by atoms with van der Waals surface area (Å²) < 4.78 is 34.8. The first-order chi connectivity index (χ1) is 16.2. The lowest BCUT2D eigenvalue weighted by molar-refractivity contribution is -0.131. The number of nitrogens with zero attached hydrogens (tertiary/aromatic N) is 2. The summed E-state index contributed by atoms with van der Waals surface area (Å²) in [4.78, 5) is 13.9. The number of aliphatic hydroxyl groups is 1. The molecule has 1 aromatic rings. The van der Waals surface area contributed by atoms with Gasteiger partial charge in [0, 0.05) is 43.5 Å². The van der Waals surface area contributed by atoms with Crippen molar-refractivity contribution < 1.29 is 23.1 Å². The zero-order valence-corrected chi connectivity index (χ0v) is 21.6. The Labute approximate surface area is 204 Å². The summed E-state index contributed by atoms with van der Waals surface area (Å²) in [6.07, 6.45) is 5.85. The minimum absolute atomic E-state index is 0.00149. The molecule has 3 atom stereocenters. The van der Waals surface area contributed by atoms with Gasteiger partial charge in [0.15, 0.2) is 0 Å². The molecule has 188 valence electrons. The lowest BCUT2D eigenvalue weighted by Crippen LogP contribution is -2.50. The minimum Gasteiger partial charge on any atom is -0.487 e. The number of carbonyl (C=O) groups is 1. The maximum absolute atomic E-state index is 13.6. The SMILES string of the molecule is CCC(=O)N(C)C[C@@H]1Oc2cc(C#CC3CCCCC3)ccc2S(=O)(=O)N([C@@H](C)CO)C[C@H]1C. The van der Waals surface area contributed by atoms with Crippen molar-refractivity contribution >= 4 is 15.9 Å². The van der Waals surface area contributed by atoms with Crippen LogP contribution in [0.3, 0.4) is 0 Å².